The summed E-state index contributed by atoms with van der Waals surface area (Å²) in [5.41, 5.74) is 0. The minimum absolute atomic E-state index is 0.0599. The molecule has 5 heteroatoms. The fraction of sp³-hybridized carbons (Fsp3) is 0.692. The second-order valence-electron chi connectivity index (χ2n) is 4.16. The van der Waals surface area contributed by atoms with E-state index in [0.717, 1.165) is 12.8 Å². The number of nitrogens with one attached hydrogen (secondary N) is 1. The smallest absolute Gasteiger partial charge is 0.318 e. The zero-order valence-corrected chi connectivity index (χ0v) is 11.1. The molecule has 0 aliphatic heterocycles. The number of rotatable bonds is 8. The highest BCUT2D eigenvalue weighted by molar-refractivity contribution is 5.76. The molecule has 0 saturated carbocycles. The molecule has 1 atom stereocenters. The van der Waals surface area contributed by atoms with Crippen LogP contribution in [0.1, 0.15) is 39.5 Å². The van der Waals surface area contributed by atoms with Gasteiger partial charge in [0.15, 0.2) is 0 Å². The lowest BCUT2D eigenvalue weighted by Crippen LogP contribution is -2.46. The van der Waals surface area contributed by atoms with Crippen molar-refractivity contribution in [2.24, 2.45) is 0 Å². The van der Waals surface area contributed by atoms with Crippen molar-refractivity contribution in [3.8, 4) is 12.3 Å². The summed E-state index contributed by atoms with van der Waals surface area (Å²) in [6.07, 6.45) is 7.42. The highest BCUT2D eigenvalue weighted by atomic mass is 16.4. The third-order valence-corrected chi connectivity index (χ3v) is 2.45. The van der Waals surface area contributed by atoms with Crippen LogP contribution in [0.3, 0.4) is 0 Å². The number of carboxylic acids is 1. The number of carbonyl (C=O) groups is 2. The number of carboxylic acid groups (broad SMARTS) is 1. The van der Waals surface area contributed by atoms with Gasteiger partial charge in [0.05, 0.1) is 13.0 Å². The Bertz CT molecular complexity index is 310. The van der Waals surface area contributed by atoms with E-state index in [0.29, 0.717) is 13.0 Å². The molecule has 18 heavy (non-hydrogen) atoms. The summed E-state index contributed by atoms with van der Waals surface area (Å²) in [4.78, 5) is 24.1. The van der Waals surface area contributed by atoms with Crippen LogP contribution < -0.4 is 5.32 Å². The molecule has 0 heterocycles. The number of amides is 2. The van der Waals surface area contributed by atoms with E-state index in [1.54, 1.807) is 0 Å². The second-order valence-corrected chi connectivity index (χ2v) is 4.16. The number of hydrogen-bond donors (Lipinski definition) is 2. The first-order valence-electron chi connectivity index (χ1n) is 6.25. The van der Waals surface area contributed by atoms with E-state index in [4.69, 9.17) is 11.5 Å². The van der Waals surface area contributed by atoms with Crippen LogP contribution in [0.2, 0.25) is 0 Å². The molecule has 0 aliphatic carbocycles. The van der Waals surface area contributed by atoms with Gasteiger partial charge in [-0.1, -0.05) is 26.2 Å². The molecule has 0 aromatic heterocycles. The summed E-state index contributed by atoms with van der Waals surface area (Å²) < 4.78 is 0. The molecule has 0 rings (SSSR count). The van der Waals surface area contributed by atoms with Gasteiger partial charge in [-0.2, -0.15) is 0 Å². The van der Waals surface area contributed by atoms with Crippen molar-refractivity contribution in [1.82, 2.24) is 10.2 Å². The number of hydrogen-bond acceptors (Lipinski definition) is 2. The molecule has 0 fully saturated rings. The zero-order valence-electron chi connectivity index (χ0n) is 11.1. The summed E-state index contributed by atoms with van der Waals surface area (Å²) in [6, 6.07) is -0.619. The van der Waals surface area contributed by atoms with Crippen LogP contribution in [0, 0.1) is 12.3 Å². The molecule has 0 radical (unpaired) electrons. The van der Waals surface area contributed by atoms with E-state index in [1.165, 1.54) is 4.90 Å². The maximum atomic E-state index is 11.9. The average molecular weight is 254 g/mol. The van der Waals surface area contributed by atoms with E-state index >= 15 is 0 Å². The van der Waals surface area contributed by atoms with Crippen LogP contribution in [0.5, 0.6) is 0 Å². The largest absolute Gasteiger partial charge is 0.481 e. The van der Waals surface area contributed by atoms with Gasteiger partial charge in [-0.3, -0.25) is 4.79 Å². The van der Waals surface area contributed by atoms with Crippen molar-refractivity contribution in [3.63, 3.8) is 0 Å². The van der Waals surface area contributed by atoms with Crippen LogP contribution in [0.25, 0.3) is 0 Å². The van der Waals surface area contributed by atoms with Crippen molar-refractivity contribution in [3.05, 3.63) is 0 Å². The van der Waals surface area contributed by atoms with Crippen LogP contribution in [0.4, 0.5) is 4.79 Å². The second kappa shape index (κ2) is 9.34. The maximum absolute atomic E-state index is 11.9. The Kier molecular flexibility index (Phi) is 8.46. The van der Waals surface area contributed by atoms with Gasteiger partial charge in [-0.15, -0.1) is 6.42 Å². The van der Waals surface area contributed by atoms with Gasteiger partial charge in [0, 0.05) is 12.6 Å². The Morgan fingerprint density at radius 2 is 2.06 bits per heavy atom. The Balaban J connectivity index is 4.44. The van der Waals surface area contributed by atoms with Crippen molar-refractivity contribution in [2.45, 2.75) is 45.6 Å². The van der Waals surface area contributed by atoms with Crippen molar-refractivity contribution in [1.29, 1.82) is 0 Å². The molecule has 0 aromatic carbocycles. The molecule has 2 amide bonds. The maximum Gasteiger partial charge on any atom is 0.318 e. The minimum atomic E-state index is -0.909. The Hall–Kier alpha value is -1.70. The zero-order chi connectivity index (χ0) is 14.0. The van der Waals surface area contributed by atoms with Gasteiger partial charge in [-0.05, 0) is 12.8 Å². The fourth-order valence-corrected chi connectivity index (χ4v) is 1.68. The Morgan fingerprint density at radius 1 is 1.39 bits per heavy atom. The van der Waals surface area contributed by atoms with Gasteiger partial charge in [0.2, 0.25) is 0 Å². The van der Waals surface area contributed by atoms with Crippen LogP contribution in [-0.4, -0.2) is 41.1 Å². The molecule has 2 N–H and O–H groups in total. The summed E-state index contributed by atoms with van der Waals surface area (Å²) in [5.74, 6) is 1.52. The number of aliphatic carboxylic acids is 1. The van der Waals surface area contributed by atoms with Gasteiger partial charge in [0.25, 0.3) is 0 Å². The van der Waals surface area contributed by atoms with E-state index in [1.807, 2.05) is 13.8 Å². The van der Waals surface area contributed by atoms with Crippen molar-refractivity contribution >= 4 is 12.0 Å². The first kappa shape index (κ1) is 16.3. The predicted molar refractivity (Wildman–Crippen MR) is 70.2 cm³/mol. The predicted octanol–water partition coefficient (Wildman–Crippen LogP) is 1.68. The standard InChI is InChI=1S/C13H22N2O3/c1-4-7-11(10-12(16)17)14-13(18)15(8-5-2)9-6-3/h2,11H,4,6-10H2,1,3H3,(H,14,18)(H,16,17). The molecule has 0 spiro atoms. The lowest BCUT2D eigenvalue weighted by molar-refractivity contribution is -0.137. The number of urea groups is 1. The highest BCUT2D eigenvalue weighted by Gasteiger charge is 2.18. The van der Waals surface area contributed by atoms with E-state index < -0.39 is 5.97 Å². The molecule has 5 nitrogen and oxygen atoms in total. The normalized spacial score (nSPS) is 11.4. The highest BCUT2D eigenvalue weighted by Crippen LogP contribution is 2.03. The monoisotopic (exact) mass is 254 g/mol. The molecule has 0 aliphatic rings. The number of terminal acetylenes is 1. The molecule has 1 unspecified atom stereocenters. The van der Waals surface area contributed by atoms with Gasteiger partial charge in [-0.25, -0.2) is 4.79 Å². The summed E-state index contributed by atoms with van der Waals surface area (Å²) in [6.45, 7) is 4.72. The molecule has 0 aromatic rings. The third kappa shape index (κ3) is 6.79. The van der Waals surface area contributed by atoms with Gasteiger partial charge < -0.3 is 15.3 Å². The van der Waals surface area contributed by atoms with Gasteiger partial charge in [0.1, 0.15) is 0 Å². The summed E-state index contributed by atoms with van der Waals surface area (Å²) in [5, 5.41) is 11.5. The van der Waals surface area contributed by atoms with E-state index in [2.05, 4.69) is 11.2 Å². The van der Waals surface area contributed by atoms with Gasteiger partial charge >= 0.3 is 12.0 Å². The van der Waals surface area contributed by atoms with Crippen molar-refractivity contribution < 1.29 is 14.7 Å². The van der Waals surface area contributed by atoms with E-state index in [9.17, 15) is 9.59 Å². The lowest BCUT2D eigenvalue weighted by Gasteiger charge is -2.24. The molecule has 0 bridgehead atoms. The van der Waals surface area contributed by atoms with Crippen LogP contribution in [0.15, 0.2) is 0 Å². The molecular formula is C13H22N2O3. The molecule has 0 saturated heterocycles. The first-order valence-corrected chi connectivity index (χ1v) is 6.25. The molecule has 102 valence electrons. The average Bonchev–Trinajstić information content (AvgIpc) is 2.28. The Morgan fingerprint density at radius 3 is 2.50 bits per heavy atom. The SMILES string of the molecule is C#CCN(CCC)C(=O)NC(CCC)CC(=O)O. The fourth-order valence-electron chi connectivity index (χ4n) is 1.68. The van der Waals surface area contributed by atoms with E-state index in [-0.39, 0.29) is 25.0 Å². The van der Waals surface area contributed by atoms with Crippen LogP contribution >= 0.6 is 0 Å². The van der Waals surface area contributed by atoms with Crippen molar-refractivity contribution in [2.75, 3.05) is 13.1 Å². The molecular weight excluding hydrogens is 232 g/mol. The summed E-state index contributed by atoms with van der Waals surface area (Å²) in [7, 11) is 0. The Labute approximate surface area is 109 Å². The number of nitrogens with zero attached hydrogens (tertiary/aromatic N) is 1. The topological polar surface area (TPSA) is 69.6 Å². The summed E-state index contributed by atoms with van der Waals surface area (Å²) >= 11 is 0. The third-order valence-electron chi connectivity index (χ3n) is 2.45. The quantitative estimate of drug-likeness (QED) is 0.647. The first-order chi connectivity index (χ1) is 8.54. The minimum Gasteiger partial charge on any atom is -0.481 e. The van der Waals surface area contributed by atoms with Crippen LogP contribution in [-0.2, 0) is 4.79 Å². The lowest BCUT2D eigenvalue weighted by atomic mass is 10.1. The number of carbonyl (C=O) groups excluding carboxylic acids is 1.